The molecular weight excluding hydrogens is 238 g/mol. The third kappa shape index (κ3) is 4.04. The van der Waals surface area contributed by atoms with Gasteiger partial charge in [0.15, 0.2) is 0 Å². The van der Waals surface area contributed by atoms with E-state index in [9.17, 15) is 4.79 Å². The van der Waals surface area contributed by atoms with Crippen LogP contribution >= 0.6 is 0 Å². The maximum absolute atomic E-state index is 12.1. The number of hydrogen-bond donors (Lipinski definition) is 2. The van der Waals surface area contributed by atoms with Crippen LogP contribution < -0.4 is 10.6 Å². The number of carbonyl (C=O) groups excluding carboxylic acids is 1. The van der Waals surface area contributed by atoms with E-state index in [1.54, 1.807) is 0 Å². The highest BCUT2D eigenvalue weighted by Gasteiger charge is 2.30. The van der Waals surface area contributed by atoms with E-state index in [2.05, 4.69) is 29.4 Å². The van der Waals surface area contributed by atoms with Crippen molar-refractivity contribution in [1.82, 2.24) is 10.2 Å². The Morgan fingerprint density at radius 1 is 1.26 bits per heavy atom. The van der Waals surface area contributed by atoms with Crippen LogP contribution in [0.5, 0.6) is 0 Å². The van der Waals surface area contributed by atoms with Gasteiger partial charge in [-0.1, -0.05) is 18.2 Å². The van der Waals surface area contributed by atoms with E-state index in [0.717, 1.165) is 31.9 Å². The second-order valence-electron chi connectivity index (χ2n) is 5.64. The monoisotopic (exact) mass is 261 g/mol. The zero-order valence-corrected chi connectivity index (χ0v) is 11.8. The van der Waals surface area contributed by atoms with Gasteiger partial charge in [0.2, 0.25) is 5.91 Å². The van der Waals surface area contributed by atoms with Crippen LogP contribution in [0.1, 0.15) is 20.3 Å². The molecule has 19 heavy (non-hydrogen) atoms. The van der Waals surface area contributed by atoms with Crippen LogP contribution in [0.2, 0.25) is 0 Å². The Bertz CT molecular complexity index is 411. The third-order valence-electron chi connectivity index (χ3n) is 3.62. The molecule has 0 aliphatic carbocycles. The van der Waals surface area contributed by atoms with Crippen LogP contribution in [0.25, 0.3) is 0 Å². The molecule has 1 aromatic carbocycles. The predicted octanol–water partition coefficient (Wildman–Crippen LogP) is 1.70. The quantitative estimate of drug-likeness (QED) is 0.867. The van der Waals surface area contributed by atoms with Crippen molar-refractivity contribution in [3.05, 3.63) is 30.3 Å². The molecule has 1 fully saturated rings. The molecule has 0 saturated carbocycles. The molecule has 104 valence electrons. The summed E-state index contributed by atoms with van der Waals surface area (Å²) in [6.07, 6.45) is 0.516. The smallest absolute Gasteiger partial charge is 0.226 e. The van der Waals surface area contributed by atoms with Gasteiger partial charge in [-0.05, 0) is 26.0 Å². The first kappa shape index (κ1) is 14.0. The number of para-hydroxylation sites is 1. The van der Waals surface area contributed by atoms with Crippen molar-refractivity contribution in [2.45, 2.75) is 25.8 Å². The Morgan fingerprint density at radius 2 is 1.89 bits per heavy atom. The molecule has 0 atom stereocenters. The lowest BCUT2D eigenvalue weighted by atomic mass is 9.96. The first-order chi connectivity index (χ1) is 9.08. The maximum Gasteiger partial charge on any atom is 0.226 e. The Morgan fingerprint density at radius 3 is 2.53 bits per heavy atom. The van der Waals surface area contributed by atoms with E-state index in [0.29, 0.717) is 6.42 Å². The van der Waals surface area contributed by atoms with E-state index in [4.69, 9.17) is 0 Å². The molecule has 1 aliphatic rings. The molecule has 1 heterocycles. The standard InChI is InChI=1S/C15H23N3O/c1-15(2,18-10-8-16-9-11-18)12-14(19)17-13-6-4-3-5-7-13/h3-7,16H,8-12H2,1-2H3,(H,17,19). The summed E-state index contributed by atoms with van der Waals surface area (Å²) in [6.45, 7) is 8.30. The zero-order chi connectivity index (χ0) is 13.7. The van der Waals surface area contributed by atoms with Crippen molar-refractivity contribution < 1.29 is 4.79 Å². The lowest BCUT2D eigenvalue weighted by Gasteiger charge is -2.40. The first-order valence-electron chi connectivity index (χ1n) is 6.89. The average Bonchev–Trinajstić information content (AvgIpc) is 2.40. The number of amides is 1. The fourth-order valence-electron chi connectivity index (χ4n) is 2.50. The molecule has 0 bridgehead atoms. The number of carbonyl (C=O) groups is 1. The summed E-state index contributed by atoms with van der Waals surface area (Å²) in [5.74, 6) is 0.0785. The van der Waals surface area contributed by atoms with Crippen LogP contribution in [0, 0.1) is 0 Å². The number of benzene rings is 1. The maximum atomic E-state index is 12.1. The van der Waals surface area contributed by atoms with Crippen LogP contribution in [0.3, 0.4) is 0 Å². The predicted molar refractivity (Wildman–Crippen MR) is 78.2 cm³/mol. The van der Waals surface area contributed by atoms with Crippen molar-refractivity contribution in [3.8, 4) is 0 Å². The summed E-state index contributed by atoms with van der Waals surface area (Å²) in [5, 5.41) is 6.29. The minimum Gasteiger partial charge on any atom is -0.326 e. The summed E-state index contributed by atoms with van der Waals surface area (Å²) < 4.78 is 0. The summed E-state index contributed by atoms with van der Waals surface area (Å²) in [7, 11) is 0. The number of rotatable bonds is 4. The molecule has 1 aliphatic heterocycles. The Hall–Kier alpha value is -1.39. The lowest BCUT2D eigenvalue weighted by molar-refractivity contribution is -0.118. The highest BCUT2D eigenvalue weighted by atomic mass is 16.1. The topological polar surface area (TPSA) is 44.4 Å². The molecular formula is C15H23N3O. The van der Waals surface area contributed by atoms with E-state index >= 15 is 0 Å². The number of piperazine rings is 1. The normalized spacial score (nSPS) is 17.2. The number of nitrogens with one attached hydrogen (secondary N) is 2. The number of nitrogens with zero attached hydrogens (tertiary/aromatic N) is 1. The fourth-order valence-corrected chi connectivity index (χ4v) is 2.50. The van der Waals surface area contributed by atoms with Gasteiger partial charge in [0.05, 0.1) is 0 Å². The molecule has 1 saturated heterocycles. The fraction of sp³-hybridized carbons (Fsp3) is 0.533. The molecule has 0 spiro atoms. The van der Waals surface area contributed by atoms with Gasteiger partial charge in [0.25, 0.3) is 0 Å². The summed E-state index contributed by atoms with van der Waals surface area (Å²) in [4.78, 5) is 14.5. The van der Waals surface area contributed by atoms with Gasteiger partial charge < -0.3 is 10.6 Å². The van der Waals surface area contributed by atoms with Crippen LogP contribution in [-0.2, 0) is 4.79 Å². The van der Waals surface area contributed by atoms with Crippen molar-refractivity contribution >= 4 is 11.6 Å². The van der Waals surface area contributed by atoms with Gasteiger partial charge in [0, 0.05) is 43.8 Å². The van der Waals surface area contributed by atoms with E-state index < -0.39 is 0 Å². The summed E-state index contributed by atoms with van der Waals surface area (Å²) in [5.41, 5.74) is 0.768. The lowest BCUT2D eigenvalue weighted by Crippen LogP contribution is -2.54. The molecule has 2 rings (SSSR count). The summed E-state index contributed by atoms with van der Waals surface area (Å²) >= 11 is 0. The van der Waals surface area contributed by atoms with Gasteiger partial charge in [-0.25, -0.2) is 0 Å². The van der Waals surface area contributed by atoms with Gasteiger partial charge in [-0.2, -0.15) is 0 Å². The second kappa shape index (κ2) is 6.17. The van der Waals surface area contributed by atoms with Crippen LogP contribution in [-0.4, -0.2) is 42.5 Å². The zero-order valence-electron chi connectivity index (χ0n) is 11.8. The molecule has 4 heteroatoms. The van der Waals surface area contributed by atoms with Crippen molar-refractivity contribution in [1.29, 1.82) is 0 Å². The minimum atomic E-state index is -0.0963. The van der Waals surface area contributed by atoms with Gasteiger partial charge >= 0.3 is 0 Å². The largest absolute Gasteiger partial charge is 0.326 e. The minimum absolute atomic E-state index is 0.0785. The second-order valence-corrected chi connectivity index (χ2v) is 5.64. The van der Waals surface area contributed by atoms with Crippen LogP contribution in [0.4, 0.5) is 5.69 Å². The highest BCUT2D eigenvalue weighted by molar-refractivity contribution is 5.91. The molecule has 4 nitrogen and oxygen atoms in total. The van der Waals surface area contributed by atoms with Gasteiger partial charge in [-0.15, -0.1) is 0 Å². The average molecular weight is 261 g/mol. The van der Waals surface area contributed by atoms with Crippen molar-refractivity contribution in [2.24, 2.45) is 0 Å². The SMILES string of the molecule is CC(C)(CC(=O)Nc1ccccc1)N1CCNCC1. The van der Waals surface area contributed by atoms with Gasteiger partial charge in [0.1, 0.15) is 0 Å². The molecule has 0 unspecified atom stereocenters. The molecule has 0 aromatic heterocycles. The Labute approximate surface area is 115 Å². The molecule has 0 radical (unpaired) electrons. The molecule has 1 aromatic rings. The first-order valence-corrected chi connectivity index (χ1v) is 6.89. The van der Waals surface area contributed by atoms with E-state index in [1.165, 1.54) is 0 Å². The van der Waals surface area contributed by atoms with E-state index in [1.807, 2.05) is 30.3 Å². The Kier molecular flexibility index (Phi) is 4.56. The number of hydrogen-bond acceptors (Lipinski definition) is 3. The molecule has 2 N–H and O–H groups in total. The Balaban J connectivity index is 1.90. The van der Waals surface area contributed by atoms with Gasteiger partial charge in [-0.3, -0.25) is 9.69 Å². The number of anilines is 1. The van der Waals surface area contributed by atoms with Crippen molar-refractivity contribution in [2.75, 3.05) is 31.5 Å². The van der Waals surface area contributed by atoms with Crippen LogP contribution in [0.15, 0.2) is 30.3 Å². The highest BCUT2D eigenvalue weighted by Crippen LogP contribution is 2.20. The van der Waals surface area contributed by atoms with E-state index in [-0.39, 0.29) is 11.4 Å². The third-order valence-corrected chi connectivity index (χ3v) is 3.62. The summed E-state index contributed by atoms with van der Waals surface area (Å²) in [6, 6.07) is 9.62. The molecule has 1 amide bonds. The van der Waals surface area contributed by atoms with Crippen molar-refractivity contribution in [3.63, 3.8) is 0 Å².